The van der Waals surface area contributed by atoms with Crippen molar-refractivity contribution in [3.8, 4) is 0 Å². The first kappa shape index (κ1) is 11.1. The second kappa shape index (κ2) is 4.70. The molecule has 3 rings (SSSR count). The summed E-state index contributed by atoms with van der Waals surface area (Å²) in [5.41, 5.74) is 1.10. The summed E-state index contributed by atoms with van der Waals surface area (Å²) in [6.07, 6.45) is 8.12. The number of piperidine rings is 1. The number of hydrogen-bond acceptors (Lipinski definition) is 4. The maximum Gasteiger partial charge on any atom is 0.0755 e. The van der Waals surface area contributed by atoms with Gasteiger partial charge in [-0.2, -0.15) is 0 Å². The largest absolute Gasteiger partial charge is 0.315 e. The molecule has 2 aliphatic rings. The lowest BCUT2D eigenvalue weighted by Gasteiger charge is -2.40. The van der Waals surface area contributed by atoms with E-state index in [1.165, 1.54) is 25.9 Å². The SMILES string of the molecule is CC(c1cnccn1)N1CCCC2CNCC21. The fourth-order valence-electron chi connectivity index (χ4n) is 3.28. The van der Waals surface area contributed by atoms with Gasteiger partial charge in [-0.05, 0) is 38.8 Å². The Morgan fingerprint density at radius 2 is 2.35 bits per heavy atom. The van der Waals surface area contributed by atoms with Crippen LogP contribution in [0.1, 0.15) is 31.5 Å². The van der Waals surface area contributed by atoms with Crippen LogP contribution in [0.5, 0.6) is 0 Å². The number of likely N-dealkylation sites (tertiary alicyclic amines) is 1. The number of hydrogen-bond donors (Lipinski definition) is 1. The molecule has 3 heterocycles. The molecule has 0 aliphatic carbocycles. The Labute approximate surface area is 102 Å². The molecular weight excluding hydrogens is 212 g/mol. The zero-order chi connectivity index (χ0) is 11.7. The van der Waals surface area contributed by atoms with Crippen molar-refractivity contribution in [3.63, 3.8) is 0 Å². The van der Waals surface area contributed by atoms with E-state index in [0.29, 0.717) is 12.1 Å². The number of aromatic nitrogens is 2. The molecule has 0 amide bonds. The van der Waals surface area contributed by atoms with Crippen LogP contribution in [0.15, 0.2) is 18.6 Å². The third kappa shape index (κ3) is 2.07. The summed E-state index contributed by atoms with van der Waals surface area (Å²) in [5.74, 6) is 0.836. The molecule has 0 saturated carbocycles. The van der Waals surface area contributed by atoms with Gasteiger partial charge in [-0.1, -0.05) is 0 Å². The van der Waals surface area contributed by atoms with Crippen molar-refractivity contribution in [2.45, 2.75) is 31.8 Å². The minimum Gasteiger partial charge on any atom is -0.315 e. The lowest BCUT2D eigenvalue weighted by atomic mass is 9.90. The van der Waals surface area contributed by atoms with Gasteiger partial charge in [-0.25, -0.2) is 0 Å². The van der Waals surface area contributed by atoms with Crippen molar-refractivity contribution in [1.82, 2.24) is 20.2 Å². The second-order valence-corrected chi connectivity index (χ2v) is 5.17. The number of rotatable bonds is 2. The van der Waals surface area contributed by atoms with Crippen molar-refractivity contribution in [1.29, 1.82) is 0 Å². The molecule has 92 valence electrons. The number of fused-ring (bicyclic) bond motifs is 1. The van der Waals surface area contributed by atoms with Gasteiger partial charge in [0, 0.05) is 31.2 Å². The standard InChI is InChI=1S/C13H20N4/c1-10(12-8-14-4-5-16-12)17-6-2-3-11-7-15-9-13(11)17/h4-5,8,10-11,13,15H,2-3,6-7,9H2,1H3. The maximum atomic E-state index is 4.44. The van der Waals surface area contributed by atoms with Gasteiger partial charge in [0.1, 0.15) is 0 Å². The van der Waals surface area contributed by atoms with E-state index in [2.05, 4.69) is 27.1 Å². The van der Waals surface area contributed by atoms with E-state index in [1.807, 2.05) is 6.20 Å². The van der Waals surface area contributed by atoms with Crippen LogP contribution in [0, 0.1) is 5.92 Å². The third-order valence-corrected chi connectivity index (χ3v) is 4.23. The van der Waals surface area contributed by atoms with Crippen LogP contribution in [-0.2, 0) is 0 Å². The molecule has 3 unspecified atom stereocenters. The topological polar surface area (TPSA) is 41.1 Å². The van der Waals surface area contributed by atoms with Crippen LogP contribution in [0.2, 0.25) is 0 Å². The molecule has 4 nitrogen and oxygen atoms in total. The van der Waals surface area contributed by atoms with Crippen molar-refractivity contribution in [2.75, 3.05) is 19.6 Å². The second-order valence-electron chi connectivity index (χ2n) is 5.17. The average Bonchev–Trinajstić information content (AvgIpc) is 2.87. The van der Waals surface area contributed by atoms with Crippen molar-refractivity contribution in [3.05, 3.63) is 24.3 Å². The Bertz CT molecular complexity index is 367. The molecule has 1 N–H and O–H groups in total. The van der Waals surface area contributed by atoms with Gasteiger partial charge in [0.2, 0.25) is 0 Å². The highest BCUT2D eigenvalue weighted by Crippen LogP contribution is 2.32. The van der Waals surface area contributed by atoms with Crippen LogP contribution in [-0.4, -0.2) is 40.5 Å². The van der Waals surface area contributed by atoms with Crippen LogP contribution in [0.3, 0.4) is 0 Å². The molecule has 17 heavy (non-hydrogen) atoms. The zero-order valence-electron chi connectivity index (χ0n) is 10.3. The molecule has 1 aromatic rings. The Morgan fingerprint density at radius 3 is 3.18 bits per heavy atom. The van der Waals surface area contributed by atoms with E-state index in [4.69, 9.17) is 0 Å². The Kier molecular flexibility index (Phi) is 3.07. The summed E-state index contributed by atoms with van der Waals surface area (Å²) in [5, 5.41) is 3.52. The lowest BCUT2D eigenvalue weighted by Crippen LogP contribution is -2.46. The molecule has 2 fully saturated rings. The van der Waals surface area contributed by atoms with E-state index in [0.717, 1.165) is 18.2 Å². The van der Waals surface area contributed by atoms with E-state index in [1.54, 1.807) is 12.4 Å². The highest BCUT2D eigenvalue weighted by atomic mass is 15.2. The Balaban J connectivity index is 1.79. The minimum absolute atomic E-state index is 0.386. The van der Waals surface area contributed by atoms with Crippen molar-refractivity contribution >= 4 is 0 Å². The predicted octanol–water partition coefficient (Wildman–Crippen LogP) is 1.22. The molecule has 0 aromatic carbocycles. The predicted molar refractivity (Wildman–Crippen MR) is 66.5 cm³/mol. The summed E-state index contributed by atoms with van der Waals surface area (Å²) in [6.45, 7) is 5.77. The van der Waals surface area contributed by atoms with Gasteiger partial charge in [0.25, 0.3) is 0 Å². The monoisotopic (exact) mass is 232 g/mol. The van der Waals surface area contributed by atoms with Gasteiger partial charge in [-0.15, -0.1) is 0 Å². The minimum atomic E-state index is 0.386. The summed E-state index contributed by atoms with van der Waals surface area (Å²) in [4.78, 5) is 11.2. The van der Waals surface area contributed by atoms with Crippen LogP contribution < -0.4 is 5.32 Å². The first-order chi connectivity index (χ1) is 8.36. The quantitative estimate of drug-likeness (QED) is 0.832. The van der Waals surface area contributed by atoms with Gasteiger partial charge in [-0.3, -0.25) is 14.9 Å². The highest BCUT2D eigenvalue weighted by Gasteiger charge is 2.37. The molecule has 0 radical (unpaired) electrons. The zero-order valence-corrected chi connectivity index (χ0v) is 10.3. The van der Waals surface area contributed by atoms with Crippen LogP contribution in [0.25, 0.3) is 0 Å². The van der Waals surface area contributed by atoms with Gasteiger partial charge >= 0.3 is 0 Å². The molecule has 1 aromatic heterocycles. The first-order valence-electron chi connectivity index (χ1n) is 6.58. The Hall–Kier alpha value is -1.00. The van der Waals surface area contributed by atoms with Crippen molar-refractivity contribution < 1.29 is 0 Å². The smallest absolute Gasteiger partial charge is 0.0755 e. The molecule has 2 aliphatic heterocycles. The fraction of sp³-hybridized carbons (Fsp3) is 0.692. The van der Waals surface area contributed by atoms with E-state index in [-0.39, 0.29) is 0 Å². The molecule has 2 saturated heterocycles. The van der Waals surface area contributed by atoms with E-state index >= 15 is 0 Å². The number of nitrogens with zero attached hydrogens (tertiary/aromatic N) is 3. The summed E-state index contributed by atoms with van der Waals surface area (Å²) >= 11 is 0. The van der Waals surface area contributed by atoms with Crippen molar-refractivity contribution in [2.24, 2.45) is 5.92 Å². The molecule has 0 spiro atoms. The molecule has 3 atom stereocenters. The lowest BCUT2D eigenvalue weighted by molar-refractivity contribution is 0.0827. The van der Waals surface area contributed by atoms with Gasteiger partial charge in [0.05, 0.1) is 11.7 Å². The summed E-state index contributed by atoms with van der Waals surface area (Å²) in [6, 6.07) is 1.08. The number of nitrogens with one attached hydrogen (secondary N) is 1. The molecular formula is C13H20N4. The van der Waals surface area contributed by atoms with E-state index in [9.17, 15) is 0 Å². The summed E-state index contributed by atoms with van der Waals surface area (Å²) in [7, 11) is 0. The van der Waals surface area contributed by atoms with Crippen LogP contribution >= 0.6 is 0 Å². The van der Waals surface area contributed by atoms with Gasteiger partial charge in [0.15, 0.2) is 0 Å². The molecule has 0 bridgehead atoms. The average molecular weight is 232 g/mol. The Morgan fingerprint density at radius 1 is 1.41 bits per heavy atom. The van der Waals surface area contributed by atoms with Gasteiger partial charge < -0.3 is 5.32 Å². The highest BCUT2D eigenvalue weighted by molar-refractivity contribution is 5.05. The maximum absolute atomic E-state index is 4.44. The normalized spacial score (nSPS) is 31.1. The van der Waals surface area contributed by atoms with Crippen LogP contribution in [0.4, 0.5) is 0 Å². The third-order valence-electron chi connectivity index (χ3n) is 4.23. The fourth-order valence-corrected chi connectivity index (χ4v) is 3.28. The summed E-state index contributed by atoms with van der Waals surface area (Å²) < 4.78 is 0. The van der Waals surface area contributed by atoms with E-state index < -0.39 is 0 Å². The molecule has 4 heteroatoms. The first-order valence-corrected chi connectivity index (χ1v) is 6.58.